The quantitative estimate of drug-likeness (QED) is 0.566. The average Bonchev–Trinajstić information content (AvgIpc) is 3.45. The first-order valence-electron chi connectivity index (χ1n) is 9.37. The molecule has 29 heavy (non-hydrogen) atoms. The van der Waals surface area contributed by atoms with Crippen LogP contribution in [0.25, 0.3) is 16.9 Å². The van der Waals surface area contributed by atoms with Crippen LogP contribution in [0, 0.1) is 6.92 Å². The van der Waals surface area contributed by atoms with Crippen LogP contribution in [0.15, 0.2) is 67.3 Å². The number of H-pyrrole nitrogens is 1. The van der Waals surface area contributed by atoms with Gasteiger partial charge in [0, 0.05) is 12.6 Å². The number of carbonyl (C=O) groups excluding carboxylic acids is 1. The molecule has 2 aromatic heterocycles. The number of hydrogen-bond acceptors (Lipinski definition) is 4. The molecule has 1 amide bonds. The molecule has 1 N–H and O–H groups in total. The molecule has 0 unspecified atom stereocenters. The molecule has 2 aromatic carbocycles. The SMILES string of the molecule is Cc1ccc(-c2cc(C(=O)N(C)[C@H](C)c3ccc(-n4cncn4)cc3)[nH]n2)cc1. The van der Waals surface area contributed by atoms with Crippen LogP contribution in [0.1, 0.15) is 34.6 Å². The Morgan fingerprint density at radius 1 is 1.10 bits per heavy atom. The fourth-order valence-electron chi connectivity index (χ4n) is 3.14. The van der Waals surface area contributed by atoms with Gasteiger partial charge < -0.3 is 4.90 Å². The van der Waals surface area contributed by atoms with Gasteiger partial charge in [0.25, 0.3) is 5.91 Å². The van der Waals surface area contributed by atoms with Crippen LogP contribution in [0.4, 0.5) is 0 Å². The van der Waals surface area contributed by atoms with Crippen molar-refractivity contribution in [3.8, 4) is 16.9 Å². The number of aryl methyl sites for hydroxylation is 1. The van der Waals surface area contributed by atoms with E-state index in [2.05, 4.69) is 20.3 Å². The maximum atomic E-state index is 12.9. The van der Waals surface area contributed by atoms with E-state index >= 15 is 0 Å². The molecule has 0 saturated heterocycles. The summed E-state index contributed by atoms with van der Waals surface area (Å²) in [5, 5.41) is 11.3. The molecule has 0 fully saturated rings. The van der Waals surface area contributed by atoms with E-state index in [-0.39, 0.29) is 11.9 Å². The number of rotatable bonds is 5. The summed E-state index contributed by atoms with van der Waals surface area (Å²) in [5.74, 6) is -0.108. The summed E-state index contributed by atoms with van der Waals surface area (Å²) >= 11 is 0. The van der Waals surface area contributed by atoms with Crippen molar-refractivity contribution >= 4 is 5.91 Å². The highest BCUT2D eigenvalue weighted by Crippen LogP contribution is 2.23. The first kappa shape index (κ1) is 18.6. The summed E-state index contributed by atoms with van der Waals surface area (Å²) < 4.78 is 1.69. The number of aromatic amines is 1. The fourth-order valence-corrected chi connectivity index (χ4v) is 3.14. The predicted molar refractivity (Wildman–Crippen MR) is 111 cm³/mol. The predicted octanol–water partition coefficient (Wildman–Crippen LogP) is 3.80. The first-order chi connectivity index (χ1) is 14.0. The zero-order valence-corrected chi connectivity index (χ0v) is 16.6. The standard InChI is InChI=1S/C22H22N6O/c1-15-4-6-18(7-5-15)20-12-21(26-25-20)22(29)27(3)16(2)17-8-10-19(11-9-17)28-14-23-13-24-28/h4-14,16H,1-3H3,(H,25,26)/t16-/m1/s1. The van der Waals surface area contributed by atoms with Gasteiger partial charge in [-0.1, -0.05) is 42.0 Å². The largest absolute Gasteiger partial charge is 0.334 e. The first-order valence-corrected chi connectivity index (χ1v) is 9.37. The smallest absolute Gasteiger partial charge is 0.272 e. The van der Waals surface area contributed by atoms with E-state index in [0.717, 1.165) is 22.5 Å². The molecule has 7 nitrogen and oxygen atoms in total. The number of carbonyl (C=O) groups is 1. The molecule has 1 atom stereocenters. The van der Waals surface area contributed by atoms with Crippen molar-refractivity contribution in [3.63, 3.8) is 0 Å². The molecule has 7 heteroatoms. The van der Waals surface area contributed by atoms with Crippen molar-refractivity contribution in [3.05, 3.63) is 84.1 Å². The summed E-state index contributed by atoms with van der Waals surface area (Å²) in [6, 6.07) is 17.7. The second-order valence-corrected chi connectivity index (χ2v) is 7.06. The molecule has 0 saturated carbocycles. The van der Waals surface area contributed by atoms with Crippen LogP contribution in [0.2, 0.25) is 0 Å². The molecule has 4 aromatic rings. The lowest BCUT2D eigenvalue weighted by atomic mass is 10.1. The van der Waals surface area contributed by atoms with E-state index in [0.29, 0.717) is 5.69 Å². The van der Waals surface area contributed by atoms with Crippen molar-refractivity contribution in [1.29, 1.82) is 0 Å². The molecule has 0 radical (unpaired) electrons. The van der Waals surface area contributed by atoms with Crippen LogP contribution in [0.3, 0.4) is 0 Å². The zero-order chi connectivity index (χ0) is 20.4. The Morgan fingerprint density at radius 2 is 1.83 bits per heavy atom. The summed E-state index contributed by atoms with van der Waals surface area (Å²) in [5.41, 5.74) is 5.33. The molecule has 0 aliphatic rings. The Bertz CT molecular complexity index is 1100. The van der Waals surface area contributed by atoms with E-state index in [1.807, 2.05) is 62.4 Å². The van der Waals surface area contributed by atoms with E-state index in [9.17, 15) is 4.79 Å². The van der Waals surface area contributed by atoms with E-state index in [1.54, 1.807) is 29.0 Å². The number of nitrogens with zero attached hydrogens (tertiary/aromatic N) is 5. The molecule has 4 rings (SSSR count). The van der Waals surface area contributed by atoms with Crippen LogP contribution in [0.5, 0.6) is 0 Å². The minimum Gasteiger partial charge on any atom is -0.334 e. The number of amides is 1. The lowest BCUT2D eigenvalue weighted by Gasteiger charge is -2.25. The molecular formula is C22H22N6O. The molecule has 0 spiro atoms. The molecule has 0 bridgehead atoms. The molecular weight excluding hydrogens is 364 g/mol. The minimum absolute atomic E-state index is 0.0987. The minimum atomic E-state index is -0.108. The van der Waals surface area contributed by atoms with E-state index in [4.69, 9.17) is 0 Å². The molecule has 0 aliphatic heterocycles. The van der Waals surface area contributed by atoms with Crippen LogP contribution in [-0.2, 0) is 0 Å². The topological polar surface area (TPSA) is 79.7 Å². The second-order valence-electron chi connectivity index (χ2n) is 7.06. The summed E-state index contributed by atoms with van der Waals surface area (Å²) in [4.78, 5) is 18.6. The monoisotopic (exact) mass is 386 g/mol. The number of benzene rings is 2. The van der Waals surface area contributed by atoms with Gasteiger partial charge in [0.15, 0.2) is 0 Å². The highest BCUT2D eigenvalue weighted by atomic mass is 16.2. The maximum absolute atomic E-state index is 12.9. The van der Waals surface area contributed by atoms with Gasteiger partial charge in [-0.05, 0) is 37.6 Å². The number of nitrogens with one attached hydrogen (secondary N) is 1. The van der Waals surface area contributed by atoms with Gasteiger partial charge in [0.2, 0.25) is 0 Å². The Balaban J connectivity index is 1.49. The third kappa shape index (κ3) is 3.80. The van der Waals surface area contributed by atoms with E-state index < -0.39 is 0 Å². The van der Waals surface area contributed by atoms with Crippen LogP contribution >= 0.6 is 0 Å². The second kappa shape index (κ2) is 7.71. The zero-order valence-electron chi connectivity index (χ0n) is 16.6. The lowest BCUT2D eigenvalue weighted by Crippen LogP contribution is -2.30. The van der Waals surface area contributed by atoms with Gasteiger partial charge in [-0.3, -0.25) is 9.89 Å². The van der Waals surface area contributed by atoms with Crippen molar-refractivity contribution in [2.45, 2.75) is 19.9 Å². The Morgan fingerprint density at radius 3 is 2.48 bits per heavy atom. The normalized spacial score (nSPS) is 12.0. The van der Waals surface area contributed by atoms with Gasteiger partial charge >= 0.3 is 0 Å². The van der Waals surface area contributed by atoms with Gasteiger partial charge in [0.1, 0.15) is 18.3 Å². The van der Waals surface area contributed by atoms with Crippen molar-refractivity contribution in [2.24, 2.45) is 0 Å². The van der Waals surface area contributed by atoms with Crippen LogP contribution < -0.4 is 0 Å². The lowest BCUT2D eigenvalue weighted by molar-refractivity contribution is 0.0736. The molecule has 2 heterocycles. The summed E-state index contributed by atoms with van der Waals surface area (Å²) in [7, 11) is 1.80. The van der Waals surface area contributed by atoms with E-state index in [1.165, 1.54) is 11.9 Å². The maximum Gasteiger partial charge on any atom is 0.272 e. The Hall–Kier alpha value is -3.74. The van der Waals surface area contributed by atoms with Gasteiger partial charge in [-0.15, -0.1) is 0 Å². The van der Waals surface area contributed by atoms with Crippen LogP contribution in [-0.4, -0.2) is 42.8 Å². The van der Waals surface area contributed by atoms with Crippen molar-refractivity contribution < 1.29 is 4.79 Å². The van der Waals surface area contributed by atoms with Crippen molar-refractivity contribution in [1.82, 2.24) is 29.9 Å². The number of hydrogen-bond donors (Lipinski definition) is 1. The Labute approximate surface area is 169 Å². The van der Waals surface area contributed by atoms with Gasteiger partial charge in [-0.25, -0.2) is 9.67 Å². The highest BCUT2D eigenvalue weighted by molar-refractivity contribution is 5.93. The highest BCUT2D eigenvalue weighted by Gasteiger charge is 2.21. The van der Waals surface area contributed by atoms with Gasteiger partial charge in [0.05, 0.1) is 17.4 Å². The third-order valence-electron chi connectivity index (χ3n) is 5.12. The van der Waals surface area contributed by atoms with Gasteiger partial charge in [-0.2, -0.15) is 10.2 Å². The average molecular weight is 386 g/mol. The van der Waals surface area contributed by atoms with Crippen molar-refractivity contribution in [2.75, 3.05) is 7.05 Å². The molecule has 0 aliphatic carbocycles. The molecule has 146 valence electrons. The number of aromatic nitrogens is 5. The third-order valence-corrected chi connectivity index (χ3v) is 5.12. The fraction of sp³-hybridized carbons (Fsp3) is 0.182. The summed E-state index contributed by atoms with van der Waals surface area (Å²) in [6.07, 6.45) is 3.15. The Kier molecular flexibility index (Phi) is 4.95. The summed E-state index contributed by atoms with van der Waals surface area (Å²) in [6.45, 7) is 4.04.